The van der Waals surface area contributed by atoms with Gasteiger partial charge in [0.2, 0.25) is 11.8 Å². The van der Waals surface area contributed by atoms with Gasteiger partial charge in [0.15, 0.2) is 17.5 Å². The van der Waals surface area contributed by atoms with E-state index < -0.39 is 0 Å². The predicted octanol–water partition coefficient (Wildman–Crippen LogP) is 7.19. The fraction of sp³-hybridized carbons (Fsp3) is 0.356. The van der Waals surface area contributed by atoms with Gasteiger partial charge < -0.3 is 30.3 Å². The van der Waals surface area contributed by atoms with Gasteiger partial charge in [0, 0.05) is 67.1 Å². The van der Waals surface area contributed by atoms with Gasteiger partial charge in [-0.25, -0.2) is 14.8 Å². The van der Waals surface area contributed by atoms with Gasteiger partial charge in [0.1, 0.15) is 5.82 Å². The molecule has 10 rings (SSSR count). The Hall–Kier alpha value is -6.47. The maximum atomic E-state index is 13.4. The molecule has 64 heavy (non-hydrogen) atoms. The summed E-state index contributed by atoms with van der Waals surface area (Å²) in [6, 6.07) is 16.7. The van der Waals surface area contributed by atoms with Crippen LogP contribution in [0.4, 0.5) is 39.4 Å². The number of ether oxygens (including phenoxy) is 2. The van der Waals surface area contributed by atoms with E-state index in [9.17, 15) is 4.79 Å². The average molecular weight is 905 g/mol. The molecule has 4 bridgehead atoms. The molecule has 336 valence electrons. The third-order valence-corrected chi connectivity index (χ3v) is 10.5. The van der Waals surface area contributed by atoms with Crippen molar-refractivity contribution in [2.75, 3.05) is 57.2 Å². The standard InChI is InChI=1S/C23H25N7O2.C15H16N4.C7H11N3O.2H2S/c1-14(2)32-21-12-24-11-20(27-21)28-23(31)30-17-7-9-29(13-17)19-5-4-18(26-22(19)30)16-6-8-25-15(3)10-16;1-10-8-11(4-6-16-10)13-2-3-14-15(18-13)17-12-5-7-19(14)9-12;1-5(2)11-7-4-9-3-6(8)10-7;;/h4-6,8,10-12,14,17H,7,9,13H2,1-3H3,(H,27,28,31);2-4,6,8,12H,5,7,9H2,1H3,(H,17,18);3-5H,1-2H3,(H2,8,10);2*1H2/t17-;12-;;;/m00.../s1. The summed E-state index contributed by atoms with van der Waals surface area (Å²) in [4.78, 5) is 54.3. The number of carbonyl (C=O) groups excluding carboxylic acids is 1. The Morgan fingerprint density at radius 2 is 1.33 bits per heavy atom. The summed E-state index contributed by atoms with van der Waals surface area (Å²) in [5.74, 6) is 3.25. The molecular weight excluding hydrogens is 849 g/mol. The zero-order valence-corrected chi connectivity index (χ0v) is 38.9. The molecule has 0 aliphatic carbocycles. The quantitative estimate of drug-likeness (QED) is 0.145. The van der Waals surface area contributed by atoms with Gasteiger partial charge in [0.05, 0.1) is 65.8 Å². The van der Waals surface area contributed by atoms with Crippen LogP contribution in [0.2, 0.25) is 0 Å². The molecule has 10 heterocycles. The number of amides is 2. The highest BCUT2D eigenvalue weighted by Crippen LogP contribution is 2.40. The van der Waals surface area contributed by atoms with Crippen LogP contribution >= 0.6 is 27.0 Å². The highest BCUT2D eigenvalue weighted by Gasteiger charge is 2.40. The second-order valence-electron chi connectivity index (χ2n) is 16.1. The Balaban J connectivity index is 0.000000180. The number of pyridine rings is 4. The number of hydrogen-bond donors (Lipinski definition) is 3. The third kappa shape index (κ3) is 11.2. The number of fused-ring (bicyclic) bond motifs is 8. The first kappa shape index (κ1) is 47.0. The van der Waals surface area contributed by atoms with Gasteiger partial charge >= 0.3 is 6.03 Å². The van der Waals surface area contributed by atoms with E-state index in [0.29, 0.717) is 35.3 Å². The number of nitrogens with two attached hydrogens (primary N) is 1. The monoisotopic (exact) mass is 904 g/mol. The van der Waals surface area contributed by atoms with Gasteiger partial charge in [-0.2, -0.15) is 37.0 Å². The average Bonchev–Trinajstić information content (AvgIpc) is 3.84. The summed E-state index contributed by atoms with van der Waals surface area (Å²) >= 11 is 0. The van der Waals surface area contributed by atoms with Crippen LogP contribution in [0, 0.1) is 13.8 Å². The zero-order valence-electron chi connectivity index (χ0n) is 36.9. The molecule has 0 aromatic carbocycles. The smallest absolute Gasteiger partial charge is 0.329 e. The second-order valence-corrected chi connectivity index (χ2v) is 16.1. The van der Waals surface area contributed by atoms with Crippen molar-refractivity contribution in [2.24, 2.45) is 0 Å². The molecule has 0 spiro atoms. The molecule has 2 atom stereocenters. The summed E-state index contributed by atoms with van der Waals surface area (Å²) in [6.07, 6.45) is 11.8. The molecule has 4 aliphatic heterocycles. The van der Waals surface area contributed by atoms with Crippen molar-refractivity contribution in [2.45, 2.75) is 78.7 Å². The summed E-state index contributed by atoms with van der Waals surface area (Å²) in [5.41, 5.74) is 13.4. The van der Waals surface area contributed by atoms with Crippen molar-refractivity contribution in [1.82, 2.24) is 39.9 Å². The lowest BCUT2D eigenvalue weighted by atomic mass is 10.1. The Morgan fingerprint density at radius 3 is 1.97 bits per heavy atom. The molecule has 0 unspecified atom stereocenters. The number of carbonyl (C=O) groups is 1. The lowest BCUT2D eigenvalue weighted by Crippen LogP contribution is -2.48. The van der Waals surface area contributed by atoms with Gasteiger partial charge in [-0.15, -0.1) is 0 Å². The molecule has 2 fully saturated rings. The molecule has 4 N–H and O–H groups in total. The third-order valence-electron chi connectivity index (χ3n) is 10.5. The van der Waals surface area contributed by atoms with E-state index in [-0.39, 0.29) is 51.3 Å². The molecule has 19 heteroatoms. The van der Waals surface area contributed by atoms with Crippen LogP contribution in [-0.4, -0.2) is 96.4 Å². The van der Waals surface area contributed by atoms with Crippen molar-refractivity contribution < 1.29 is 14.3 Å². The fourth-order valence-corrected chi connectivity index (χ4v) is 7.84. The Bertz CT molecular complexity index is 2550. The molecule has 2 amide bonds. The Labute approximate surface area is 387 Å². The van der Waals surface area contributed by atoms with Crippen LogP contribution in [0.1, 0.15) is 51.9 Å². The molecule has 0 radical (unpaired) electrons. The topological polar surface area (TPSA) is 198 Å². The van der Waals surface area contributed by atoms with E-state index in [1.165, 1.54) is 36.9 Å². The number of aromatic nitrogens is 8. The highest BCUT2D eigenvalue weighted by atomic mass is 32.1. The SMILES string of the molecule is CC(C)Oc1cncc(N)n1.Cc1cc(-c2ccc3c(n2)N(C(=O)Nc2cncc(OC(C)C)n2)[C@H]2CCN3C2)ccn1.Cc1cc(-c2ccc3c(n2)N[C@H]2CCN3C2)ccn1.S.S. The number of nitrogens with one attached hydrogen (secondary N) is 2. The number of anilines is 6. The first-order valence-corrected chi connectivity index (χ1v) is 20.9. The van der Waals surface area contributed by atoms with E-state index in [4.69, 9.17) is 25.2 Å². The minimum absolute atomic E-state index is 0. The largest absolute Gasteiger partial charge is 0.474 e. The lowest BCUT2D eigenvalue weighted by molar-refractivity contribution is 0.231. The summed E-state index contributed by atoms with van der Waals surface area (Å²) in [6.45, 7) is 15.6. The van der Waals surface area contributed by atoms with Crippen LogP contribution in [-0.2, 0) is 0 Å². The Kier molecular flexibility index (Phi) is 15.3. The van der Waals surface area contributed by atoms with Crippen molar-refractivity contribution in [1.29, 1.82) is 0 Å². The van der Waals surface area contributed by atoms with E-state index in [1.54, 1.807) is 11.1 Å². The van der Waals surface area contributed by atoms with E-state index >= 15 is 0 Å². The molecule has 4 aliphatic rings. The first-order chi connectivity index (χ1) is 29.9. The fourth-order valence-electron chi connectivity index (χ4n) is 7.84. The summed E-state index contributed by atoms with van der Waals surface area (Å²) < 4.78 is 10.8. The molecular formula is C45H56N14O3S2. The first-order valence-electron chi connectivity index (χ1n) is 20.9. The molecule has 17 nitrogen and oxygen atoms in total. The zero-order chi connectivity index (χ0) is 43.3. The number of hydrogen-bond acceptors (Lipinski definition) is 15. The molecule has 0 saturated carbocycles. The van der Waals surface area contributed by atoms with Crippen LogP contribution in [0.25, 0.3) is 22.5 Å². The van der Waals surface area contributed by atoms with E-state index in [1.807, 2.05) is 78.1 Å². The van der Waals surface area contributed by atoms with Crippen LogP contribution in [0.3, 0.4) is 0 Å². The van der Waals surface area contributed by atoms with Crippen molar-refractivity contribution in [3.05, 3.63) is 97.1 Å². The van der Waals surface area contributed by atoms with Crippen molar-refractivity contribution in [3.63, 3.8) is 0 Å². The number of aryl methyl sites for hydroxylation is 2. The molecule has 6 aromatic heterocycles. The van der Waals surface area contributed by atoms with Crippen LogP contribution in [0.5, 0.6) is 11.8 Å². The van der Waals surface area contributed by atoms with Gasteiger partial charge in [-0.05, 0) is 103 Å². The van der Waals surface area contributed by atoms with Crippen LogP contribution in [0.15, 0.2) is 85.7 Å². The van der Waals surface area contributed by atoms with E-state index in [0.717, 1.165) is 78.0 Å². The number of nitrogens with zero attached hydrogens (tertiary/aromatic N) is 11. The van der Waals surface area contributed by atoms with Crippen LogP contribution < -0.4 is 40.5 Å². The number of rotatable bonds is 7. The van der Waals surface area contributed by atoms with Gasteiger partial charge in [-0.3, -0.25) is 30.2 Å². The predicted molar refractivity (Wildman–Crippen MR) is 262 cm³/mol. The molecule has 2 saturated heterocycles. The maximum Gasteiger partial charge on any atom is 0.329 e. The minimum Gasteiger partial charge on any atom is -0.474 e. The highest BCUT2D eigenvalue weighted by molar-refractivity contribution is 7.59. The van der Waals surface area contributed by atoms with Crippen molar-refractivity contribution in [3.8, 4) is 34.3 Å². The maximum absolute atomic E-state index is 13.4. The second kappa shape index (κ2) is 20.8. The van der Waals surface area contributed by atoms with Gasteiger partial charge in [-0.1, -0.05) is 0 Å². The number of urea groups is 1. The summed E-state index contributed by atoms with van der Waals surface area (Å²) in [5, 5.41) is 6.43. The number of nitrogen functional groups attached to an aromatic ring is 1. The lowest BCUT2D eigenvalue weighted by Gasteiger charge is -2.35. The molecule has 6 aromatic rings. The normalized spacial score (nSPS) is 16.1. The van der Waals surface area contributed by atoms with Gasteiger partial charge in [0.25, 0.3) is 0 Å². The minimum atomic E-state index is -0.274. The van der Waals surface area contributed by atoms with Crippen molar-refractivity contribution >= 4 is 67.7 Å². The van der Waals surface area contributed by atoms with E-state index in [2.05, 4.69) is 68.5 Å². The summed E-state index contributed by atoms with van der Waals surface area (Å²) in [7, 11) is 0. The Morgan fingerprint density at radius 1 is 0.734 bits per heavy atom.